The van der Waals surface area contributed by atoms with Gasteiger partial charge in [0.05, 0.1) is 25.2 Å². The maximum Gasteiger partial charge on any atom is 0.153 e. The maximum absolute atomic E-state index is 11.7. The molecular weight excluding hydrogens is 278 g/mol. The Balaban J connectivity index is 2.54. The highest BCUT2D eigenvalue weighted by Gasteiger charge is 2.15. The van der Waals surface area contributed by atoms with Crippen molar-refractivity contribution in [3.63, 3.8) is 0 Å². The van der Waals surface area contributed by atoms with Crippen molar-refractivity contribution in [1.82, 2.24) is 5.32 Å². The summed E-state index contributed by atoms with van der Waals surface area (Å²) in [6, 6.07) is 5.56. The summed E-state index contributed by atoms with van der Waals surface area (Å²) >= 11 is 0. The first-order valence-corrected chi connectivity index (χ1v) is 8.25. The summed E-state index contributed by atoms with van der Waals surface area (Å²) in [7, 11) is 0.207. The molecule has 0 saturated carbocycles. The summed E-state index contributed by atoms with van der Waals surface area (Å²) in [6.45, 7) is 4.38. The van der Waals surface area contributed by atoms with Gasteiger partial charge >= 0.3 is 0 Å². The zero-order valence-electron chi connectivity index (χ0n) is 12.5. The zero-order chi connectivity index (χ0) is 15.2. The minimum absolute atomic E-state index is 0.142. The summed E-state index contributed by atoms with van der Waals surface area (Å²) in [4.78, 5) is 0. The summed E-state index contributed by atoms with van der Waals surface area (Å²) in [5.41, 5.74) is 0.968. The smallest absolute Gasteiger partial charge is 0.153 e. The minimum atomic E-state index is -2.99. The lowest BCUT2D eigenvalue weighted by atomic mass is 10.2. The van der Waals surface area contributed by atoms with Gasteiger partial charge in [-0.25, -0.2) is 8.42 Å². The molecule has 0 aliphatic rings. The monoisotopic (exact) mass is 301 g/mol. The quantitative estimate of drug-likeness (QED) is 0.739. The van der Waals surface area contributed by atoms with Crippen LogP contribution in [-0.4, -0.2) is 40.2 Å². The first-order chi connectivity index (χ1) is 9.40. The maximum atomic E-state index is 11.7. The molecule has 114 valence electrons. The number of methoxy groups -OCH3 is 2. The Labute approximate surface area is 121 Å². The molecule has 0 fully saturated rings. The molecule has 0 aromatic heterocycles. The van der Waals surface area contributed by atoms with E-state index in [1.807, 2.05) is 18.2 Å². The van der Waals surface area contributed by atoms with Gasteiger partial charge in [0.15, 0.2) is 9.84 Å². The van der Waals surface area contributed by atoms with Crippen LogP contribution in [-0.2, 0) is 16.4 Å². The predicted octanol–water partition coefficient (Wildman–Crippen LogP) is 1.62. The first-order valence-electron chi connectivity index (χ1n) is 6.54. The van der Waals surface area contributed by atoms with Crippen LogP contribution < -0.4 is 14.8 Å². The Morgan fingerprint density at radius 2 is 1.90 bits per heavy atom. The van der Waals surface area contributed by atoms with Gasteiger partial charge in [0.25, 0.3) is 0 Å². The normalized spacial score (nSPS) is 11.7. The fourth-order valence-electron chi connectivity index (χ4n) is 1.67. The lowest BCUT2D eigenvalue weighted by molar-refractivity contribution is 0.390. The second kappa shape index (κ2) is 7.50. The number of hydrogen-bond donors (Lipinski definition) is 1. The van der Waals surface area contributed by atoms with E-state index in [2.05, 4.69) is 5.32 Å². The van der Waals surface area contributed by atoms with Gasteiger partial charge in [-0.15, -0.1) is 0 Å². The van der Waals surface area contributed by atoms with E-state index in [4.69, 9.17) is 9.47 Å². The highest BCUT2D eigenvalue weighted by molar-refractivity contribution is 7.92. The molecule has 0 saturated heterocycles. The minimum Gasteiger partial charge on any atom is -0.497 e. The molecule has 0 radical (unpaired) electrons. The number of nitrogens with one attached hydrogen (secondary N) is 1. The zero-order valence-corrected chi connectivity index (χ0v) is 13.3. The summed E-state index contributed by atoms with van der Waals surface area (Å²) in [5.74, 6) is 1.60. The largest absolute Gasteiger partial charge is 0.497 e. The fourth-order valence-corrected chi connectivity index (χ4v) is 2.57. The van der Waals surface area contributed by atoms with Gasteiger partial charge in [0.2, 0.25) is 0 Å². The second-order valence-electron chi connectivity index (χ2n) is 4.77. The first kappa shape index (κ1) is 16.8. The average Bonchev–Trinajstić information content (AvgIpc) is 2.43. The Morgan fingerprint density at radius 3 is 2.45 bits per heavy atom. The van der Waals surface area contributed by atoms with Crippen LogP contribution in [0.4, 0.5) is 0 Å². The van der Waals surface area contributed by atoms with Crippen molar-refractivity contribution >= 4 is 9.84 Å². The van der Waals surface area contributed by atoms with E-state index in [-0.39, 0.29) is 11.0 Å². The Morgan fingerprint density at radius 1 is 1.20 bits per heavy atom. The SMILES string of the molecule is COc1ccc(CNCCS(=O)(=O)C(C)C)c(OC)c1. The third kappa shape index (κ3) is 4.68. The van der Waals surface area contributed by atoms with E-state index in [0.29, 0.717) is 13.1 Å². The van der Waals surface area contributed by atoms with Gasteiger partial charge in [0.1, 0.15) is 11.5 Å². The predicted molar refractivity (Wildman–Crippen MR) is 80.2 cm³/mol. The van der Waals surface area contributed by atoms with Gasteiger partial charge in [0, 0.05) is 24.7 Å². The molecular formula is C14H23NO4S. The van der Waals surface area contributed by atoms with Crippen molar-refractivity contribution in [3.05, 3.63) is 23.8 Å². The Kier molecular flexibility index (Phi) is 6.29. The summed E-state index contributed by atoms with van der Waals surface area (Å²) in [6.07, 6.45) is 0. The highest BCUT2D eigenvalue weighted by atomic mass is 32.2. The standard InChI is InChI=1S/C14H23NO4S/c1-11(2)20(16,17)8-7-15-10-12-5-6-13(18-3)9-14(12)19-4/h5-6,9,11,15H,7-8,10H2,1-4H3. The molecule has 20 heavy (non-hydrogen) atoms. The van der Waals surface area contributed by atoms with Crippen LogP contribution in [0.5, 0.6) is 11.5 Å². The van der Waals surface area contributed by atoms with Crippen molar-refractivity contribution in [3.8, 4) is 11.5 Å². The van der Waals surface area contributed by atoms with Crippen molar-refractivity contribution in [1.29, 1.82) is 0 Å². The molecule has 1 aromatic rings. The van der Waals surface area contributed by atoms with Crippen molar-refractivity contribution in [2.45, 2.75) is 25.6 Å². The number of benzene rings is 1. The van der Waals surface area contributed by atoms with Gasteiger partial charge in [-0.1, -0.05) is 6.07 Å². The van der Waals surface area contributed by atoms with Gasteiger partial charge in [-0.2, -0.15) is 0 Å². The van der Waals surface area contributed by atoms with E-state index >= 15 is 0 Å². The number of sulfone groups is 1. The number of hydrogen-bond acceptors (Lipinski definition) is 5. The van der Waals surface area contributed by atoms with E-state index in [1.54, 1.807) is 28.1 Å². The molecule has 0 amide bonds. The second-order valence-corrected chi connectivity index (χ2v) is 7.45. The van der Waals surface area contributed by atoms with Crippen molar-refractivity contribution in [2.24, 2.45) is 0 Å². The van der Waals surface area contributed by atoms with E-state index < -0.39 is 9.84 Å². The van der Waals surface area contributed by atoms with Crippen molar-refractivity contribution < 1.29 is 17.9 Å². The van der Waals surface area contributed by atoms with Gasteiger partial charge < -0.3 is 14.8 Å². The Hall–Kier alpha value is -1.27. The summed E-state index contributed by atoms with van der Waals surface area (Å²) in [5, 5.41) is 2.79. The molecule has 0 unspecified atom stereocenters. The molecule has 6 heteroatoms. The van der Waals surface area contributed by atoms with Crippen LogP contribution >= 0.6 is 0 Å². The lowest BCUT2D eigenvalue weighted by Crippen LogP contribution is -2.27. The molecule has 1 aromatic carbocycles. The Bertz CT molecular complexity index is 526. The molecule has 1 N–H and O–H groups in total. The molecule has 1 rings (SSSR count). The highest BCUT2D eigenvalue weighted by Crippen LogP contribution is 2.24. The van der Waals surface area contributed by atoms with Crippen molar-refractivity contribution in [2.75, 3.05) is 26.5 Å². The third-order valence-electron chi connectivity index (χ3n) is 3.09. The number of rotatable bonds is 8. The molecule has 0 heterocycles. The lowest BCUT2D eigenvalue weighted by Gasteiger charge is -2.12. The third-order valence-corrected chi connectivity index (χ3v) is 5.30. The van der Waals surface area contributed by atoms with E-state index in [9.17, 15) is 8.42 Å². The van der Waals surface area contributed by atoms with Gasteiger partial charge in [-0.3, -0.25) is 0 Å². The molecule has 0 bridgehead atoms. The molecule has 0 aliphatic carbocycles. The number of ether oxygens (including phenoxy) is 2. The molecule has 0 aliphatic heterocycles. The van der Waals surface area contributed by atoms with Crippen LogP contribution in [0.1, 0.15) is 19.4 Å². The topological polar surface area (TPSA) is 64.6 Å². The van der Waals surface area contributed by atoms with Gasteiger partial charge in [-0.05, 0) is 19.9 Å². The van der Waals surface area contributed by atoms with E-state index in [1.165, 1.54) is 0 Å². The van der Waals surface area contributed by atoms with Crippen LogP contribution in [0, 0.1) is 0 Å². The average molecular weight is 301 g/mol. The van der Waals surface area contributed by atoms with Crippen LogP contribution in [0.2, 0.25) is 0 Å². The molecule has 0 atom stereocenters. The molecule has 5 nitrogen and oxygen atoms in total. The molecule has 0 spiro atoms. The summed E-state index contributed by atoms with van der Waals surface area (Å²) < 4.78 is 33.7. The van der Waals surface area contributed by atoms with Crippen LogP contribution in [0.15, 0.2) is 18.2 Å². The van der Waals surface area contributed by atoms with E-state index in [0.717, 1.165) is 17.1 Å². The van der Waals surface area contributed by atoms with Crippen LogP contribution in [0.25, 0.3) is 0 Å². The van der Waals surface area contributed by atoms with Crippen LogP contribution in [0.3, 0.4) is 0 Å². The fraction of sp³-hybridized carbons (Fsp3) is 0.571.